The standard InChI is InChI=1S/C28H32F2N2O4/c1-3-18-5-4-6-20(9-18)16-31-17-26(34)24(12-21-10-22(29)15-23(30)11-21)32-28(35)14-19-7-8-27(36-2)25(33)13-19/h4-11,13,15,24,26,31,33-34H,3,12,14,16-17H2,1-2H3,(H,32,35)/t24-,26-/m0/s1. The van der Waals surface area contributed by atoms with Gasteiger partial charge in [-0.15, -0.1) is 0 Å². The number of aryl methyl sites for hydroxylation is 1. The number of amides is 1. The minimum absolute atomic E-state index is 0.0302. The number of aliphatic hydroxyl groups is 1. The highest BCUT2D eigenvalue weighted by Gasteiger charge is 2.23. The molecule has 0 spiro atoms. The number of phenolic OH excluding ortho intramolecular Hbond substituents is 1. The van der Waals surface area contributed by atoms with Crippen molar-refractivity contribution < 1.29 is 28.5 Å². The lowest BCUT2D eigenvalue weighted by atomic mass is 10.00. The number of nitrogens with one attached hydrogen (secondary N) is 2. The molecule has 1 amide bonds. The van der Waals surface area contributed by atoms with Gasteiger partial charge in [-0.1, -0.05) is 37.3 Å². The lowest BCUT2D eigenvalue weighted by Gasteiger charge is -2.25. The fourth-order valence-electron chi connectivity index (χ4n) is 4.02. The molecule has 0 radical (unpaired) electrons. The van der Waals surface area contributed by atoms with Crippen LogP contribution in [0.25, 0.3) is 0 Å². The highest BCUT2D eigenvalue weighted by Crippen LogP contribution is 2.26. The second-order valence-electron chi connectivity index (χ2n) is 8.71. The average molecular weight is 499 g/mol. The zero-order valence-electron chi connectivity index (χ0n) is 20.4. The van der Waals surface area contributed by atoms with E-state index in [9.17, 15) is 23.8 Å². The van der Waals surface area contributed by atoms with Crippen LogP contribution in [0.3, 0.4) is 0 Å². The molecule has 0 bridgehead atoms. The Morgan fingerprint density at radius 2 is 1.69 bits per heavy atom. The number of aromatic hydroxyl groups is 1. The summed E-state index contributed by atoms with van der Waals surface area (Å²) in [7, 11) is 1.43. The molecule has 0 saturated heterocycles. The highest BCUT2D eigenvalue weighted by atomic mass is 19.1. The highest BCUT2D eigenvalue weighted by molar-refractivity contribution is 5.79. The van der Waals surface area contributed by atoms with E-state index in [0.717, 1.165) is 18.1 Å². The van der Waals surface area contributed by atoms with Gasteiger partial charge >= 0.3 is 0 Å². The SMILES string of the molecule is CCc1cccc(CNC[C@H](O)[C@H](Cc2cc(F)cc(F)c2)NC(=O)Cc2ccc(OC)c(O)c2)c1. The normalized spacial score (nSPS) is 12.7. The molecule has 0 aliphatic heterocycles. The second-order valence-corrected chi connectivity index (χ2v) is 8.71. The van der Waals surface area contributed by atoms with Gasteiger partial charge in [0.2, 0.25) is 5.91 Å². The molecule has 4 N–H and O–H groups in total. The van der Waals surface area contributed by atoms with Gasteiger partial charge in [-0.3, -0.25) is 4.79 Å². The van der Waals surface area contributed by atoms with Crippen LogP contribution in [0.2, 0.25) is 0 Å². The molecule has 3 aromatic carbocycles. The van der Waals surface area contributed by atoms with Crippen molar-refractivity contribution in [3.63, 3.8) is 0 Å². The molecule has 2 atom stereocenters. The van der Waals surface area contributed by atoms with Crippen LogP contribution in [0.15, 0.2) is 60.7 Å². The number of carbonyl (C=O) groups excluding carboxylic acids is 1. The summed E-state index contributed by atoms with van der Waals surface area (Å²) in [6.45, 7) is 2.75. The van der Waals surface area contributed by atoms with Gasteiger partial charge in [0.1, 0.15) is 11.6 Å². The smallest absolute Gasteiger partial charge is 0.224 e. The van der Waals surface area contributed by atoms with Crippen molar-refractivity contribution in [3.05, 3.63) is 94.6 Å². The third-order valence-electron chi connectivity index (χ3n) is 5.88. The van der Waals surface area contributed by atoms with Gasteiger partial charge in [0.25, 0.3) is 0 Å². The van der Waals surface area contributed by atoms with E-state index in [1.807, 2.05) is 18.2 Å². The van der Waals surface area contributed by atoms with Crippen molar-refractivity contribution in [2.45, 2.75) is 44.9 Å². The summed E-state index contributed by atoms with van der Waals surface area (Å²) in [5, 5.41) is 26.8. The fraction of sp³-hybridized carbons (Fsp3) is 0.321. The molecule has 6 nitrogen and oxygen atoms in total. The molecule has 0 aliphatic rings. The molecule has 3 rings (SSSR count). The maximum atomic E-state index is 13.7. The Balaban J connectivity index is 1.68. The first-order chi connectivity index (χ1) is 17.3. The number of hydrogen-bond donors (Lipinski definition) is 4. The van der Waals surface area contributed by atoms with E-state index in [1.54, 1.807) is 12.1 Å². The molecular weight excluding hydrogens is 466 g/mol. The van der Waals surface area contributed by atoms with Crippen LogP contribution in [-0.4, -0.2) is 41.9 Å². The third kappa shape index (κ3) is 8.03. The molecule has 3 aromatic rings. The molecule has 192 valence electrons. The van der Waals surface area contributed by atoms with Crippen molar-refractivity contribution in [3.8, 4) is 11.5 Å². The van der Waals surface area contributed by atoms with Gasteiger partial charge in [0.05, 0.1) is 25.7 Å². The number of halogens is 2. The Morgan fingerprint density at radius 3 is 2.36 bits per heavy atom. The van der Waals surface area contributed by atoms with Gasteiger partial charge in [-0.25, -0.2) is 8.78 Å². The van der Waals surface area contributed by atoms with Crippen molar-refractivity contribution in [1.29, 1.82) is 0 Å². The lowest BCUT2D eigenvalue weighted by Crippen LogP contribution is -2.49. The summed E-state index contributed by atoms with van der Waals surface area (Å²) in [6, 6.07) is 15.0. The van der Waals surface area contributed by atoms with Gasteiger partial charge in [0.15, 0.2) is 11.5 Å². The van der Waals surface area contributed by atoms with E-state index in [1.165, 1.54) is 30.9 Å². The minimum atomic E-state index is -1.03. The average Bonchev–Trinajstić information content (AvgIpc) is 2.83. The summed E-state index contributed by atoms with van der Waals surface area (Å²) in [5.41, 5.74) is 3.13. The van der Waals surface area contributed by atoms with Crippen LogP contribution in [-0.2, 0) is 30.6 Å². The maximum Gasteiger partial charge on any atom is 0.224 e. The second kappa shape index (κ2) is 13.0. The van der Waals surface area contributed by atoms with Crippen LogP contribution in [0, 0.1) is 11.6 Å². The minimum Gasteiger partial charge on any atom is -0.504 e. The van der Waals surface area contributed by atoms with Gasteiger partial charge in [0, 0.05) is 19.2 Å². The Labute approximate surface area is 209 Å². The number of ether oxygens (including phenoxy) is 1. The molecular formula is C28H32F2N2O4. The first kappa shape index (κ1) is 27.1. The number of carbonyl (C=O) groups is 1. The zero-order chi connectivity index (χ0) is 26.1. The van der Waals surface area contributed by atoms with Crippen LogP contribution >= 0.6 is 0 Å². The van der Waals surface area contributed by atoms with E-state index in [4.69, 9.17) is 4.74 Å². The van der Waals surface area contributed by atoms with Gasteiger partial charge in [-0.05, 0) is 59.4 Å². The molecule has 0 aromatic heterocycles. The number of hydrogen-bond acceptors (Lipinski definition) is 5. The van der Waals surface area contributed by atoms with Gasteiger partial charge in [-0.2, -0.15) is 0 Å². The third-order valence-corrected chi connectivity index (χ3v) is 5.88. The number of phenols is 1. The predicted octanol–water partition coefficient (Wildman–Crippen LogP) is 3.66. The molecule has 8 heteroatoms. The molecule has 0 fully saturated rings. The van der Waals surface area contributed by atoms with Crippen LogP contribution < -0.4 is 15.4 Å². The van der Waals surface area contributed by atoms with E-state index in [-0.39, 0.29) is 30.9 Å². The number of methoxy groups -OCH3 is 1. The van der Waals surface area contributed by atoms with E-state index in [2.05, 4.69) is 23.6 Å². The molecule has 0 saturated carbocycles. The topological polar surface area (TPSA) is 90.8 Å². The van der Waals surface area contributed by atoms with Crippen LogP contribution in [0.5, 0.6) is 11.5 Å². The summed E-state index contributed by atoms with van der Waals surface area (Å²) in [4.78, 5) is 12.8. The van der Waals surface area contributed by atoms with Crippen molar-refractivity contribution >= 4 is 5.91 Å². The Bertz CT molecular complexity index is 1150. The quantitative estimate of drug-likeness (QED) is 0.306. The van der Waals surface area contributed by atoms with Crippen molar-refractivity contribution in [2.24, 2.45) is 0 Å². The summed E-state index contributed by atoms with van der Waals surface area (Å²) in [6.07, 6.45) is -0.141. The summed E-state index contributed by atoms with van der Waals surface area (Å²) >= 11 is 0. The van der Waals surface area contributed by atoms with Crippen molar-refractivity contribution in [2.75, 3.05) is 13.7 Å². The summed E-state index contributed by atoms with van der Waals surface area (Å²) in [5.74, 6) is -1.67. The lowest BCUT2D eigenvalue weighted by molar-refractivity contribution is -0.122. The van der Waals surface area contributed by atoms with E-state index < -0.39 is 29.7 Å². The van der Waals surface area contributed by atoms with Gasteiger partial charge < -0.3 is 25.6 Å². The summed E-state index contributed by atoms with van der Waals surface area (Å²) < 4.78 is 32.5. The number of benzene rings is 3. The molecule has 0 heterocycles. The zero-order valence-corrected chi connectivity index (χ0v) is 20.4. The fourth-order valence-corrected chi connectivity index (χ4v) is 4.02. The van der Waals surface area contributed by atoms with Crippen LogP contribution in [0.4, 0.5) is 8.78 Å². The molecule has 36 heavy (non-hydrogen) atoms. The number of aliphatic hydroxyl groups excluding tert-OH is 1. The molecule has 0 unspecified atom stereocenters. The monoisotopic (exact) mass is 498 g/mol. The Morgan fingerprint density at radius 1 is 0.972 bits per heavy atom. The largest absolute Gasteiger partial charge is 0.504 e. The predicted molar refractivity (Wildman–Crippen MR) is 134 cm³/mol. The Kier molecular flexibility index (Phi) is 9.78. The Hall–Kier alpha value is -3.49. The van der Waals surface area contributed by atoms with Crippen LogP contribution in [0.1, 0.15) is 29.2 Å². The van der Waals surface area contributed by atoms with E-state index >= 15 is 0 Å². The van der Waals surface area contributed by atoms with Crippen molar-refractivity contribution in [1.82, 2.24) is 10.6 Å². The maximum absolute atomic E-state index is 13.7. The molecule has 0 aliphatic carbocycles. The first-order valence-electron chi connectivity index (χ1n) is 11.8. The van der Waals surface area contributed by atoms with E-state index in [0.29, 0.717) is 17.7 Å². The first-order valence-corrected chi connectivity index (χ1v) is 11.8. The number of rotatable bonds is 12.